The van der Waals surface area contributed by atoms with Gasteiger partial charge in [0.15, 0.2) is 5.82 Å². The minimum atomic E-state index is 0.112. The number of nitrogens with zero attached hydrogens (tertiary/aromatic N) is 4. The maximum atomic E-state index is 12.8. The van der Waals surface area contributed by atoms with E-state index < -0.39 is 0 Å². The molecule has 0 unspecified atom stereocenters. The second-order valence-corrected chi connectivity index (χ2v) is 5.37. The van der Waals surface area contributed by atoms with Crippen LogP contribution in [0.4, 0.5) is 0 Å². The maximum Gasteiger partial charge on any atom is 0.254 e. The molecular weight excluding hydrogens is 266 g/mol. The van der Waals surface area contributed by atoms with Gasteiger partial charge in [-0.15, -0.1) is 10.2 Å². The van der Waals surface area contributed by atoms with Crippen molar-refractivity contribution >= 4 is 5.91 Å². The normalized spacial score (nSPS) is 18.7. The van der Waals surface area contributed by atoms with Crippen LogP contribution in [0.3, 0.4) is 0 Å². The Kier molecular flexibility index (Phi) is 3.94. The fourth-order valence-electron chi connectivity index (χ4n) is 2.92. The van der Waals surface area contributed by atoms with Crippen LogP contribution in [0.2, 0.25) is 0 Å². The molecule has 6 heteroatoms. The number of tetrazole rings is 1. The van der Waals surface area contributed by atoms with Crippen molar-refractivity contribution in [3.63, 3.8) is 0 Å². The zero-order chi connectivity index (χ0) is 14.7. The smallest absolute Gasteiger partial charge is 0.254 e. The first kappa shape index (κ1) is 13.7. The highest BCUT2D eigenvalue weighted by Crippen LogP contribution is 2.25. The molecule has 0 saturated carbocycles. The number of aromatic nitrogens is 4. The molecular formula is C15H19N5O. The summed E-state index contributed by atoms with van der Waals surface area (Å²) in [5.74, 6) is 0.993. The quantitative estimate of drug-likeness (QED) is 0.932. The monoisotopic (exact) mass is 285 g/mol. The zero-order valence-corrected chi connectivity index (χ0v) is 12.1. The molecule has 1 aromatic heterocycles. The van der Waals surface area contributed by atoms with E-state index in [4.69, 9.17) is 0 Å². The standard InChI is InChI=1S/C15H19N5O/c1-2-11-6-3-4-8-13(11)15(21)20-9-5-7-12(10-20)14-16-18-19-17-14/h3-4,6,8,12H,2,5,7,9-10H2,1H3,(H,16,17,18,19)/t12-/m1/s1. The summed E-state index contributed by atoms with van der Waals surface area (Å²) in [6.07, 6.45) is 2.84. The molecule has 1 N–H and O–H groups in total. The molecule has 0 spiro atoms. The van der Waals surface area contributed by atoms with Gasteiger partial charge in [0.05, 0.1) is 0 Å². The summed E-state index contributed by atoms with van der Waals surface area (Å²) >= 11 is 0. The Morgan fingerprint density at radius 1 is 1.43 bits per heavy atom. The van der Waals surface area contributed by atoms with E-state index in [2.05, 4.69) is 27.5 Å². The number of amides is 1. The van der Waals surface area contributed by atoms with Crippen molar-refractivity contribution in [2.45, 2.75) is 32.1 Å². The first-order valence-electron chi connectivity index (χ1n) is 7.40. The van der Waals surface area contributed by atoms with Crippen molar-refractivity contribution < 1.29 is 4.79 Å². The number of nitrogens with one attached hydrogen (secondary N) is 1. The number of likely N-dealkylation sites (tertiary alicyclic amines) is 1. The molecule has 0 aliphatic carbocycles. The number of rotatable bonds is 3. The lowest BCUT2D eigenvalue weighted by atomic mass is 9.96. The van der Waals surface area contributed by atoms with Crippen LogP contribution >= 0.6 is 0 Å². The summed E-state index contributed by atoms with van der Waals surface area (Å²) < 4.78 is 0. The minimum absolute atomic E-state index is 0.112. The lowest BCUT2D eigenvalue weighted by Crippen LogP contribution is -2.39. The van der Waals surface area contributed by atoms with Gasteiger partial charge in [-0.3, -0.25) is 4.79 Å². The summed E-state index contributed by atoms with van der Waals surface area (Å²) in [6.45, 7) is 3.53. The number of aryl methyl sites for hydroxylation is 1. The van der Waals surface area contributed by atoms with E-state index in [1.54, 1.807) is 0 Å². The van der Waals surface area contributed by atoms with Crippen LogP contribution in [0.5, 0.6) is 0 Å². The van der Waals surface area contributed by atoms with E-state index in [-0.39, 0.29) is 11.8 Å². The fraction of sp³-hybridized carbons (Fsp3) is 0.467. The van der Waals surface area contributed by atoms with Crippen LogP contribution in [-0.4, -0.2) is 44.5 Å². The molecule has 0 radical (unpaired) electrons. The number of hydrogen-bond donors (Lipinski definition) is 1. The van der Waals surface area contributed by atoms with Crippen molar-refractivity contribution in [1.29, 1.82) is 0 Å². The molecule has 1 fully saturated rings. The number of H-pyrrole nitrogens is 1. The van der Waals surface area contributed by atoms with E-state index >= 15 is 0 Å². The molecule has 1 aliphatic rings. The average Bonchev–Trinajstić information content (AvgIpc) is 3.09. The molecule has 21 heavy (non-hydrogen) atoms. The van der Waals surface area contributed by atoms with Gasteiger partial charge in [0.1, 0.15) is 0 Å². The highest BCUT2D eigenvalue weighted by atomic mass is 16.2. The van der Waals surface area contributed by atoms with E-state index in [1.807, 2.05) is 29.2 Å². The van der Waals surface area contributed by atoms with Gasteiger partial charge in [0.25, 0.3) is 5.91 Å². The Morgan fingerprint density at radius 3 is 3.05 bits per heavy atom. The number of hydrogen-bond acceptors (Lipinski definition) is 4. The zero-order valence-electron chi connectivity index (χ0n) is 12.1. The molecule has 1 atom stereocenters. The largest absolute Gasteiger partial charge is 0.338 e. The van der Waals surface area contributed by atoms with E-state index in [9.17, 15) is 4.79 Å². The Balaban J connectivity index is 1.78. The number of benzene rings is 1. The van der Waals surface area contributed by atoms with Crippen LogP contribution in [0.1, 0.15) is 47.4 Å². The van der Waals surface area contributed by atoms with Crippen LogP contribution < -0.4 is 0 Å². The summed E-state index contributed by atoms with van der Waals surface area (Å²) in [5.41, 5.74) is 1.91. The maximum absolute atomic E-state index is 12.8. The summed E-state index contributed by atoms with van der Waals surface area (Å²) in [4.78, 5) is 14.7. The van der Waals surface area contributed by atoms with Crippen molar-refractivity contribution in [3.05, 3.63) is 41.2 Å². The number of carbonyl (C=O) groups is 1. The van der Waals surface area contributed by atoms with Crippen LogP contribution in [0, 0.1) is 0 Å². The third-order valence-corrected chi connectivity index (χ3v) is 4.06. The van der Waals surface area contributed by atoms with Gasteiger partial charge in [-0.25, -0.2) is 0 Å². The van der Waals surface area contributed by atoms with E-state index in [0.717, 1.165) is 36.9 Å². The van der Waals surface area contributed by atoms with Gasteiger partial charge in [0.2, 0.25) is 0 Å². The Hall–Kier alpha value is -2.24. The topological polar surface area (TPSA) is 74.8 Å². The second-order valence-electron chi connectivity index (χ2n) is 5.37. The summed E-state index contributed by atoms with van der Waals surface area (Å²) in [5, 5.41) is 14.2. The van der Waals surface area contributed by atoms with E-state index in [0.29, 0.717) is 12.4 Å². The lowest BCUT2D eigenvalue weighted by Gasteiger charge is -2.31. The van der Waals surface area contributed by atoms with Gasteiger partial charge < -0.3 is 4.90 Å². The molecule has 2 heterocycles. The number of carbonyl (C=O) groups excluding carboxylic acids is 1. The third kappa shape index (κ3) is 2.79. The van der Waals surface area contributed by atoms with Crippen molar-refractivity contribution in [1.82, 2.24) is 25.5 Å². The van der Waals surface area contributed by atoms with Gasteiger partial charge in [-0.2, -0.15) is 5.21 Å². The second kappa shape index (κ2) is 6.03. The first-order valence-corrected chi connectivity index (χ1v) is 7.40. The third-order valence-electron chi connectivity index (χ3n) is 4.06. The van der Waals surface area contributed by atoms with Crippen molar-refractivity contribution in [2.75, 3.05) is 13.1 Å². The summed E-state index contributed by atoms with van der Waals surface area (Å²) in [7, 11) is 0. The van der Waals surface area contributed by atoms with Crippen LogP contribution in [-0.2, 0) is 6.42 Å². The molecule has 1 aromatic carbocycles. The predicted octanol–water partition coefficient (Wildman–Crippen LogP) is 1.78. The molecule has 1 saturated heterocycles. The van der Waals surface area contributed by atoms with E-state index in [1.165, 1.54) is 0 Å². The van der Waals surface area contributed by atoms with Crippen LogP contribution in [0.25, 0.3) is 0 Å². The Morgan fingerprint density at radius 2 is 2.29 bits per heavy atom. The molecule has 6 nitrogen and oxygen atoms in total. The van der Waals surface area contributed by atoms with Crippen molar-refractivity contribution in [3.8, 4) is 0 Å². The van der Waals surface area contributed by atoms with Crippen molar-refractivity contribution in [2.24, 2.45) is 0 Å². The molecule has 3 rings (SSSR count). The lowest BCUT2D eigenvalue weighted by molar-refractivity contribution is 0.0703. The fourth-order valence-corrected chi connectivity index (χ4v) is 2.92. The first-order chi connectivity index (χ1) is 10.3. The predicted molar refractivity (Wildman–Crippen MR) is 77.9 cm³/mol. The van der Waals surface area contributed by atoms with Gasteiger partial charge in [-0.05, 0) is 30.9 Å². The number of piperidine rings is 1. The van der Waals surface area contributed by atoms with Gasteiger partial charge >= 0.3 is 0 Å². The Labute approximate surface area is 123 Å². The SMILES string of the molecule is CCc1ccccc1C(=O)N1CCC[C@@H](c2nn[nH]n2)C1. The molecule has 2 aromatic rings. The van der Waals surface area contributed by atoms with Gasteiger partial charge in [0, 0.05) is 24.6 Å². The summed E-state index contributed by atoms with van der Waals surface area (Å²) in [6, 6.07) is 7.84. The van der Waals surface area contributed by atoms with Gasteiger partial charge in [-0.1, -0.05) is 30.3 Å². The average molecular weight is 285 g/mol. The van der Waals surface area contributed by atoms with Crippen LogP contribution in [0.15, 0.2) is 24.3 Å². The Bertz CT molecular complexity index is 610. The molecule has 1 amide bonds. The highest BCUT2D eigenvalue weighted by molar-refractivity contribution is 5.95. The molecule has 0 bridgehead atoms. The number of aromatic amines is 1. The molecule has 1 aliphatic heterocycles. The minimum Gasteiger partial charge on any atom is -0.338 e. The highest BCUT2D eigenvalue weighted by Gasteiger charge is 2.28. The molecule has 110 valence electrons.